The number of hydrogen-bond acceptors (Lipinski definition) is 2. The predicted molar refractivity (Wildman–Crippen MR) is 66.6 cm³/mol. The molecule has 1 aliphatic carbocycles. The van der Waals surface area contributed by atoms with E-state index in [-0.39, 0.29) is 0 Å². The Bertz CT molecular complexity index is 566. The number of H-pyrrole nitrogens is 1. The van der Waals surface area contributed by atoms with Gasteiger partial charge in [-0.25, -0.2) is 4.98 Å². The van der Waals surface area contributed by atoms with Crippen LogP contribution in [-0.4, -0.2) is 9.97 Å². The van der Waals surface area contributed by atoms with Crippen LogP contribution in [-0.2, 0) is 12.8 Å². The van der Waals surface area contributed by atoms with Crippen molar-refractivity contribution in [3.63, 3.8) is 0 Å². The van der Waals surface area contributed by atoms with E-state index >= 15 is 0 Å². The van der Waals surface area contributed by atoms with E-state index in [1.165, 1.54) is 35.4 Å². The summed E-state index contributed by atoms with van der Waals surface area (Å²) in [5.74, 6) is 0. The Hall–Kier alpha value is -1.51. The number of fused-ring (bicyclic) bond motifs is 2. The monoisotopic (exact) mass is 215 g/mol. The van der Waals surface area contributed by atoms with Gasteiger partial charge in [-0.1, -0.05) is 0 Å². The molecule has 0 aromatic carbocycles. The lowest BCUT2D eigenvalue weighted by Crippen LogP contribution is -2.09. The van der Waals surface area contributed by atoms with Crippen LogP contribution in [0.4, 0.5) is 5.69 Å². The highest BCUT2D eigenvalue weighted by Gasteiger charge is 2.18. The summed E-state index contributed by atoms with van der Waals surface area (Å²) in [6, 6.07) is 0. The van der Waals surface area contributed by atoms with Gasteiger partial charge in [0.1, 0.15) is 5.65 Å². The molecule has 0 saturated heterocycles. The number of hydrogen-bond donors (Lipinski definition) is 2. The zero-order valence-corrected chi connectivity index (χ0v) is 9.85. The van der Waals surface area contributed by atoms with Crippen molar-refractivity contribution < 1.29 is 0 Å². The summed E-state index contributed by atoms with van der Waals surface area (Å²) < 4.78 is 0. The molecule has 0 unspecified atom stereocenters. The summed E-state index contributed by atoms with van der Waals surface area (Å²) in [7, 11) is 0. The summed E-state index contributed by atoms with van der Waals surface area (Å²) in [6.07, 6.45) is 4.65. The van der Waals surface area contributed by atoms with Crippen LogP contribution in [0.2, 0.25) is 0 Å². The highest BCUT2D eigenvalue weighted by molar-refractivity contribution is 5.94. The largest absolute Gasteiger partial charge is 0.398 e. The van der Waals surface area contributed by atoms with Crippen molar-refractivity contribution in [3.05, 3.63) is 22.5 Å². The van der Waals surface area contributed by atoms with Crippen LogP contribution in [0.25, 0.3) is 11.0 Å². The lowest BCUT2D eigenvalue weighted by Gasteiger charge is -2.17. The number of anilines is 1. The molecule has 1 aliphatic rings. The van der Waals surface area contributed by atoms with Gasteiger partial charge in [0.15, 0.2) is 0 Å². The lowest BCUT2D eigenvalue weighted by atomic mass is 9.93. The minimum absolute atomic E-state index is 0.960. The van der Waals surface area contributed by atoms with Crippen molar-refractivity contribution in [2.24, 2.45) is 0 Å². The van der Waals surface area contributed by atoms with Gasteiger partial charge in [0, 0.05) is 22.5 Å². The topological polar surface area (TPSA) is 54.7 Å². The predicted octanol–water partition coefficient (Wildman–Crippen LogP) is 2.64. The normalized spacial score (nSPS) is 15.4. The van der Waals surface area contributed by atoms with E-state index in [0.717, 1.165) is 29.6 Å². The van der Waals surface area contributed by atoms with Gasteiger partial charge in [-0.05, 0) is 50.7 Å². The Labute approximate surface area is 95.1 Å². The van der Waals surface area contributed by atoms with Crippen molar-refractivity contribution in [1.29, 1.82) is 0 Å². The number of aryl methyl sites for hydroxylation is 3. The molecule has 0 atom stereocenters. The molecule has 2 aromatic heterocycles. The quantitative estimate of drug-likeness (QED) is 0.709. The van der Waals surface area contributed by atoms with Crippen molar-refractivity contribution in [1.82, 2.24) is 9.97 Å². The first kappa shape index (κ1) is 9.70. The molecule has 3 nitrogen and oxygen atoms in total. The smallest absolute Gasteiger partial charge is 0.140 e. The maximum Gasteiger partial charge on any atom is 0.140 e. The van der Waals surface area contributed by atoms with Gasteiger partial charge in [0.25, 0.3) is 0 Å². The standard InChI is InChI=1S/C13H17N3/c1-7-8(2)15-13-11(7)12(14)9-5-3-4-6-10(9)16-13/h3-6H2,1-2H3,(H3,14,15,16). The molecular formula is C13H17N3. The second kappa shape index (κ2) is 3.24. The molecule has 0 radical (unpaired) electrons. The maximum atomic E-state index is 6.29. The molecule has 0 bridgehead atoms. The van der Waals surface area contributed by atoms with Crippen LogP contribution in [0.3, 0.4) is 0 Å². The zero-order valence-electron chi connectivity index (χ0n) is 9.85. The molecule has 16 heavy (non-hydrogen) atoms. The van der Waals surface area contributed by atoms with Gasteiger partial charge in [-0.3, -0.25) is 0 Å². The van der Waals surface area contributed by atoms with Crippen molar-refractivity contribution in [2.45, 2.75) is 39.5 Å². The molecule has 2 heterocycles. The Morgan fingerprint density at radius 1 is 1.19 bits per heavy atom. The summed E-state index contributed by atoms with van der Waals surface area (Å²) in [4.78, 5) is 8.05. The highest BCUT2D eigenvalue weighted by atomic mass is 14.9. The van der Waals surface area contributed by atoms with E-state index in [1.807, 2.05) is 0 Å². The summed E-state index contributed by atoms with van der Waals surface area (Å²) in [5.41, 5.74) is 13.1. The van der Waals surface area contributed by atoms with Gasteiger partial charge in [-0.15, -0.1) is 0 Å². The van der Waals surface area contributed by atoms with Gasteiger partial charge >= 0.3 is 0 Å². The zero-order chi connectivity index (χ0) is 11.3. The van der Waals surface area contributed by atoms with Crippen LogP contribution in [0, 0.1) is 13.8 Å². The summed E-state index contributed by atoms with van der Waals surface area (Å²) in [6.45, 7) is 4.19. The van der Waals surface area contributed by atoms with Gasteiger partial charge in [0.05, 0.1) is 0 Å². The Kier molecular flexibility index (Phi) is 1.96. The molecule has 3 heteroatoms. The van der Waals surface area contributed by atoms with Gasteiger partial charge < -0.3 is 10.7 Å². The van der Waals surface area contributed by atoms with Crippen molar-refractivity contribution in [2.75, 3.05) is 5.73 Å². The Balaban J connectivity index is 2.39. The Morgan fingerprint density at radius 2 is 1.94 bits per heavy atom. The number of nitrogen functional groups attached to an aromatic ring is 1. The fraction of sp³-hybridized carbons (Fsp3) is 0.462. The first-order valence-corrected chi connectivity index (χ1v) is 5.94. The van der Waals surface area contributed by atoms with Crippen LogP contribution >= 0.6 is 0 Å². The lowest BCUT2D eigenvalue weighted by molar-refractivity contribution is 0.672. The number of rotatable bonds is 0. The first-order chi connectivity index (χ1) is 7.68. The second-order valence-electron chi connectivity index (χ2n) is 4.76. The molecule has 0 saturated carbocycles. The van der Waals surface area contributed by atoms with E-state index in [0.29, 0.717) is 0 Å². The molecule has 3 rings (SSSR count). The van der Waals surface area contributed by atoms with Gasteiger partial charge in [0.2, 0.25) is 0 Å². The average Bonchev–Trinajstić information content (AvgIpc) is 2.55. The van der Waals surface area contributed by atoms with E-state index in [9.17, 15) is 0 Å². The SMILES string of the molecule is Cc1[nH]c2nc3c(c(N)c2c1C)CCCC3. The number of nitrogens with one attached hydrogen (secondary N) is 1. The number of nitrogens with two attached hydrogens (primary N) is 1. The number of aromatic nitrogens is 2. The molecule has 84 valence electrons. The first-order valence-electron chi connectivity index (χ1n) is 5.94. The third-order valence-corrected chi connectivity index (χ3v) is 3.76. The molecule has 0 spiro atoms. The maximum absolute atomic E-state index is 6.29. The van der Waals surface area contributed by atoms with E-state index in [2.05, 4.69) is 18.8 Å². The number of aromatic amines is 1. The van der Waals surface area contributed by atoms with Crippen molar-refractivity contribution in [3.8, 4) is 0 Å². The second-order valence-corrected chi connectivity index (χ2v) is 4.76. The summed E-state index contributed by atoms with van der Waals surface area (Å²) >= 11 is 0. The number of pyridine rings is 1. The molecule has 0 amide bonds. The molecule has 0 fully saturated rings. The highest BCUT2D eigenvalue weighted by Crippen LogP contribution is 2.33. The van der Waals surface area contributed by atoms with Crippen LogP contribution in [0.5, 0.6) is 0 Å². The molecule has 3 N–H and O–H groups in total. The van der Waals surface area contributed by atoms with E-state index in [4.69, 9.17) is 10.7 Å². The third kappa shape index (κ3) is 1.17. The minimum atomic E-state index is 0.960. The fourth-order valence-corrected chi connectivity index (χ4v) is 2.70. The van der Waals surface area contributed by atoms with E-state index < -0.39 is 0 Å². The molecular weight excluding hydrogens is 198 g/mol. The molecule has 2 aromatic rings. The number of nitrogens with zero attached hydrogens (tertiary/aromatic N) is 1. The van der Waals surface area contributed by atoms with Crippen molar-refractivity contribution >= 4 is 16.7 Å². The third-order valence-electron chi connectivity index (χ3n) is 3.76. The summed E-state index contributed by atoms with van der Waals surface area (Å²) in [5, 5.41) is 1.14. The van der Waals surface area contributed by atoms with E-state index in [1.54, 1.807) is 0 Å². The average molecular weight is 215 g/mol. The molecule has 0 aliphatic heterocycles. The van der Waals surface area contributed by atoms with Crippen LogP contribution in [0.15, 0.2) is 0 Å². The van der Waals surface area contributed by atoms with Crippen LogP contribution in [0.1, 0.15) is 35.4 Å². The van der Waals surface area contributed by atoms with Gasteiger partial charge in [-0.2, -0.15) is 0 Å². The minimum Gasteiger partial charge on any atom is -0.398 e. The fourth-order valence-electron chi connectivity index (χ4n) is 2.70. The van der Waals surface area contributed by atoms with Crippen LogP contribution < -0.4 is 5.73 Å². The Morgan fingerprint density at radius 3 is 2.75 bits per heavy atom.